The van der Waals surface area contributed by atoms with Crippen LogP contribution in [0.1, 0.15) is 33.6 Å². The van der Waals surface area contributed by atoms with E-state index in [-0.39, 0.29) is 18.3 Å². The summed E-state index contributed by atoms with van der Waals surface area (Å²) in [5.41, 5.74) is 1.99. The molecule has 7 heteroatoms. The summed E-state index contributed by atoms with van der Waals surface area (Å²) < 4.78 is 18.0. The van der Waals surface area contributed by atoms with Crippen molar-refractivity contribution in [3.63, 3.8) is 0 Å². The summed E-state index contributed by atoms with van der Waals surface area (Å²) in [7, 11) is 1.34. The molecule has 1 heterocycles. The molecule has 0 radical (unpaired) electrons. The van der Waals surface area contributed by atoms with Crippen molar-refractivity contribution < 1.29 is 18.7 Å². The summed E-state index contributed by atoms with van der Waals surface area (Å²) in [4.78, 5) is 25.5. The fourth-order valence-corrected chi connectivity index (χ4v) is 4.22. The summed E-state index contributed by atoms with van der Waals surface area (Å²) in [6, 6.07) is 5.90. The van der Waals surface area contributed by atoms with Gasteiger partial charge >= 0.3 is 5.97 Å². The number of aryl methyl sites for hydroxylation is 1. The van der Waals surface area contributed by atoms with Crippen LogP contribution < -0.4 is 10.6 Å². The zero-order valence-corrected chi connectivity index (χ0v) is 14.7. The number of thiophene rings is 1. The number of halogens is 1. The molecule has 1 amide bonds. The maximum atomic E-state index is 13.2. The second-order valence-electron chi connectivity index (χ2n) is 5.82. The van der Waals surface area contributed by atoms with Crippen LogP contribution in [0.3, 0.4) is 0 Å². The third kappa shape index (κ3) is 3.99. The predicted molar refractivity (Wildman–Crippen MR) is 95.8 cm³/mol. The van der Waals surface area contributed by atoms with Crippen molar-refractivity contribution in [1.29, 1.82) is 0 Å². The molecule has 1 aliphatic carbocycles. The summed E-state index contributed by atoms with van der Waals surface area (Å²) in [6.45, 7) is -0.0212. The Morgan fingerprint density at radius 3 is 2.84 bits per heavy atom. The fraction of sp³-hybridized carbons (Fsp3) is 0.333. The number of amides is 1. The Labute approximate surface area is 149 Å². The van der Waals surface area contributed by atoms with Gasteiger partial charge in [0.25, 0.3) is 0 Å². The average molecular weight is 362 g/mol. The first kappa shape index (κ1) is 17.4. The molecule has 5 nitrogen and oxygen atoms in total. The maximum absolute atomic E-state index is 13.2. The number of rotatable bonds is 5. The smallest absolute Gasteiger partial charge is 0.341 e. The molecule has 1 aromatic heterocycles. The van der Waals surface area contributed by atoms with E-state index in [0.29, 0.717) is 16.3 Å². The summed E-state index contributed by atoms with van der Waals surface area (Å²) in [5.74, 6) is -1.09. The SMILES string of the molecule is COC(=O)c1c(NC(=O)CNc2cccc(F)c2)sc2c1CCCC2. The highest BCUT2D eigenvalue weighted by atomic mass is 32.1. The van der Waals surface area contributed by atoms with E-state index in [1.807, 2.05) is 0 Å². The molecule has 1 aromatic carbocycles. The summed E-state index contributed by atoms with van der Waals surface area (Å²) in [6.07, 6.45) is 3.86. The minimum Gasteiger partial charge on any atom is -0.465 e. The van der Waals surface area contributed by atoms with Gasteiger partial charge in [-0.1, -0.05) is 6.07 Å². The van der Waals surface area contributed by atoms with Gasteiger partial charge < -0.3 is 15.4 Å². The number of methoxy groups -OCH3 is 1. The standard InChI is InChI=1S/C18H19FN2O3S/c1-24-18(23)16-13-7-2-3-8-14(13)25-17(16)21-15(22)10-20-12-6-4-5-11(19)9-12/h4-6,9,20H,2-3,7-8,10H2,1H3,(H,21,22). The third-order valence-corrected chi connectivity index (χ3v) is 5.30. The number of fused-ring (bicyclic) bond motifs is 1. The van der Waals surface area contributed by atoms with Gasteiger partial charge in [0.15, 0.2) is 0 Å². The van der Waals surface area contributed by atoms with E-state index < -0.39 is 5.97 Å². The molecule has 0 unspecified atom stereocenters. The van der Waals surface area contributed by atoms with Crippen LogP contribution in [0, 0.1) is 5.82 Å². The molecular formula is C18H19FN2O3S. The van der Waals surface area contributed by atoms with Gasteiger partial charge in [-0.05, 0) is 49.4 Å². The minimum absolute atomic E-state index is 0.0212. The Morgan fingerprint density at radius 1 is 1.28 bits per heavy atom. The van der Waals surface area contributed by atoms with E-state index in [9.17, 15) is 14.0 Å². The third-order valence-electron chi connectivity index (χ3n) is 4.09. The van der Waals surface area contributed by atoms with Crippen LogP contribution in [0.4, 0.5) is 15.1 Å². The molecule has 2 N–H and O–H groups in total. The lowest BCUT2D eigenvalue weighted by molar-refractivity contribution is -0.114. The van der Waals surface area contributed by atoms with E-state index in [2.05, 4.69) is 10.6 Å². The second kappa shape index (κ2) is 7.65. The molecule has 25 heavy (non-hydrogen) atoms. The zero-order valence-electron chi connectivity index (χ0n) is 13.9. The first-order valence-electron chi connectivity index (χ1n) is 8.10. The lowest BCUT2D eigenvalue weighted by Crippen LogP contribution is -2.22. The van der Waals surface area contributed by atoms with Crippen LogP contribution in [0.25, 0.3) is 0 Å². The van der Waals surface area contributed by atoms with Crippen molar-refractivity contribution in [1.82, 2.24) is 0 Å². The van der Waals surface area contributed by atoms with Crippen LogP contribution in [-0.4, -0.2) is 25.5 Å². The molecule has 0 saturated carbocycles. The first-order chi connectivity index (χ1) is 12.1. The number of carbonyl (C=O) groups excluding carboxylic acids is 2. The number of anilines is 2. The van der Waals surface area contributed by atoms with Gasteiger partial charge in [0.2, 0.25) is 5.91 Å². The van der Waals surface area contributed by atoms with E-state index in [4.69, 9.17) is 4.74 Å². The Morgan fingerprint density at radius 2 is 2.08 bits per heavy atom. The fourth-order valence-electron chi connectivity index (χ4n) is 2.92. The average Bonchev–Trinajstić information content (AvgIpc) is 2.97. The molecule has 0 fully saturated rings. The molecule has 132 valence electrons. The van der Waals surface area contributed by atoms with Crippen molar-refractivity contribution in [2.45, 2.75) is 25.7 Å². The van der Waals surface area contributed by atoms with Gasteiger partial charge in [-0.15, -0.1) is 11.3 Å². The zero-order chi connectivity index (χ0) is 17.8. The molecule has 2 aromatic rings. The molecule has 1 aliphatic rings. The van der Waals surface area contributed by atoms with Gasteiger partial charge in [-0.3, -0.25) is 4.79 Å². The van der Waals surface area contributed by atoms with Gasteiger partial charge in [0.1, 0.15) is 10.8 Å². The minimum atomic E-state index is -0.423. The molecule has 0 atom stereocenters. The lowest BCUT2D eigenvalue weighted by Gasteiger charge is -2.12. The summed E-state index contributed by atoms with van der Waals surface area (Å²) in [5, 5.41) is 6.19. The normalized spacial score (nSPS) is 13.0. The number of hydrogen-bond donors (Lipinski definition) is 2. The van der Waals surface area contributed by atoms with Crippen LogP contribution in [0.2, 0.25) is 0 Å². The maximum Gasteiger partial charge on any atom is 0.341 e. The Balaban J connectivity index is 1.72. The van der Waals surface area contributed by atoms with E-state index in [1.165, 1.54) is 30.6 Å². The van der Waals surface area contributed by atoms with Crippen molar-refractivity contribution in [3.8, 4) is 0 Å². The van der Waals surface area contributed by atoms with Gasteiger partial charge in [-0.25, -0.2) is 9.18 Å². The van der Waals surface area contributed by atoms with E-state index in [0.717, 1.165) is 36.1 Å². The van der Waals surface area contributed by atoms with Crippen molar-refractivity contribution in [2.75, 3.05) is 24.3 Å². The first-order valence-corrected chi connectivity index (χ1v) is 8.92. The highest BCUT2D eigenvalue weighted by Crippen LogP contribution is 2.38. The number of benzene rings is 1. The van der Waals surface area contributed by atoms with Crippen LogP contribution >= 0.6 is 11.3 Å². The summed E-state index contributed by atoms with van der Waals surface area (Å²) >= 11 is 1.44. The highest BCUT2D eigenvalue weighted by molar-refractivity contribution is 7.17. The van der Waals surface area contributed by atoms with Gasteiger partial charge in [0.05, 0.1) is 19.2 Å². The van der Waals surface area contributed by atoms with E-state index >= 15 is 0 Å². The number of esters is 1. The van der Waals surface area contributed by atoms with Crippen LogP contribution in [-0.2, 0) is 22.4 Å². The van der Waals surface area contributed by atoms with Crippen molar-refractivity contribution in [2.24, 2.45) is 0 Å². The number of hydrogen-bond acceptors (Lipinski definition) is 5. The number of carbonyl (C=O) groups is 2. The highest BCUT2D eigenvalue weighted by Gasteiger charge is 2.26. The Hall–Kier alpha value is -2.41. The topological polar surface area (TPSA) is 67.4 Å². The largest absolute Gasteiger partial charge is 0.465 e. The molecule has 0 saturated heterocycles. The number of nitrogens with one attached hydrogen (secondary N) is 2. The monoisotopic (exact) mass is 362 g/mol. The van der Waals surface area contributed by atoms with Gasteiger partial charge in [0, 0.05) is 10.6 Å². The van der Waals surface area contributed by atoms with Crippen molar-refractivity contribution in [3.05, 3.63) is 46.1 Å². The van der Waals surface area contributed by atoms with E-state index in [1.54, 1.807) is 12.1 Å². The Bertz CT molecular complexity index is 804. The molecular weight excluding hydrogens is 343 g/mol. The predicted octanol–water partition coefficient (Wildman–Crippen LogP) is 3.60. The van der Waals surface area contributed by atoms with Crippen molar-refractivity contribution >= 4 is 33.9 Å². The lowest BCUT2D eigenvalue weighted by atomic mass is 9.95. The molecule has 0 bridgehead atoms. The molecule has 0 spiro atoms. The number of ether oxygens (including phenoxy) is 1. The van der Waals surface area contributed by atoms with Crippen LogP contribution in [0.15, 0.2) is 24.3 Å². The molecule has 3 rings (SSSR count). The molecule has 0 aliphatic heterocycles. The van der Waals surface area contributed by atoms with Crippen LogP contribution in [0.5, 0.6) is 0 Å². The Kier molecular flexibility index (Phi) is 5.33. The second-order valence-corrected chi connectivity index (χ2v) is 6.92. The quantitative estimate of drug-likeness (QED) is 0.798. The van der Waals surface area contributed by atoms with Gasteiger partial charge in [-0.2, -0.15) is 0 Å².